The first-order valence-electron chi connectivity index (χ1n) is 14.3. The summed E-state index contributed by atoms with van der Waals surface area (Å²) in [7, 11) is 0. The molecule has 4 aromatic carbocycles. The van der Waals surface area contributed by atoms with E-state index in [4.69, 9.17) is 9.47 Å². The van der Waals surface area contributed by atoms with Gasteiger partial charge in [-0.25, -0.2) is 0 Å². The molecule has 0 aliphatic rings. The number of carbonyl (C=O) groups is 2. The summed E-state index contributed by atoms with van der Waals surface area (Å²) < 4.78 is 11.7. The van der Waals surface area contributed by atoms with Gasteiger partial charge >= 0.3 is 5.97 Å². The Morgan fingerprint density at radius 1 is 0.791 bits per heavy atom. The van der Waals surface area contributed by atoms with Crippen molar-refractivity contribution < 1.29 is 19.1 Å². The van der Waals surface area contributed by atoms with Crippen LogP contribution in [0.4, 0.5) is 0 Å². The van der Waals surface area contributed by atoms with E-state index in [1.165, 1.54) is 6.92 Å². The highest BCUT2D eigenvalue weighted by Gasteiger charge is 2.23. The molecule has 0 N–H and O–H groups in total. The number of ether oxygens (including phenoxy) is 2. The molecule has 0 aliphatic heterocycles. The highest BCUT2D eigenvalue weighted by atomic mass is 16.5. The Balaban J connectivity index is 1.25. The van der Waals surface area contributed by atoms with Crippen LogP contribution in [0.15, 0.2) is 115 Å². The van der Waals surface area contributed by atoms with Gasteiger partial charge in [0, 0.05) is 6.42 Å². The molecule has 1 aromatic heterocycles. The standard InChI is InChI=1S/C36H33N3O4/c1-27(40)31(18-10-16-28-12-4-2-5-13-28)36(41)43-25-23-30-21-22-35(42-24-11-17-29-14-6-3-7-15-29)34(26-30)39-37-32-19-8-9-20-33(32)38-39/h2-17,19-22,26,31H,18,23-25H2,1H3/b16-10+,17-11+. The van der Waals surface area contributed by atoms with Crippen molar-refractivity contribution in [3.63, 3.8) is 0 Å². The molecule has 0 saturated carbocycles. The van der Waals surface area contributed by atoms with E-state index in [0.29, 0.717) is 24.5 Å². The van der Waals surface area contributed by atoms with Crippen molar-refractivity contribution in [2.45, 2.75) is 19.8 Å². The minimum Gasteiger partial charge on any atom is -0.487 e. The van der Waals surface area contributed by atoms with E-state index in [1.54, 1.807) is 4.80 Å². The fraction of sp³-hybridized carbons (Fsp3) is 0.167. The molecule has 0 fully saturated rings. The molecule has 0 spiro atoms. The number of ketones is 1. The fourth-order valence-electron chi connectivity index (χ4n) is 4.55. The van der Waals surface area contributed by atoms with Crippen LogP contribution < -0.4 is 4.74 Å². The lowest BCUT2D eigenvalue weighted by atomic mass is 10.0. The SMILES string of the molecule is CC(=O)C(C/C=C/c1ccccc1)C(=O)OCCc1ccc(OC/C=C/c2ccccc2)c(-n2nc3ccccc3n2)c1. The topological polar surface area (TPSA) is 83.3 Å². The first-order chi connectivity index (χ1) is 21.1. The summed E-state index contributed by atoms with van der Waals surface area (Å²) in [4.78, 5) is 26.5. The monoisotopic (exact) mass is 571 g/mol. The molecular formula is C36H33N3O4. The number of hydrogen-bond donors (Lipinski definition) is 0. The van der Waals surface area contributed by atoms with E-state index >= 15 is 0 Å². The summed E-state index contributed by atoms with van der Waals surface area (Å²) in [6, 6.07) is 33.2. The van der Waals surface area contributed by atoms with Gasteiger partial charge in [-0.1, -0.05) is 97.1 Å². The molecule has 0 saturated heterocycles. The Labute approximate surface area is 251 Å². The third-order valence-corrected chi connectivity index (χ3v) is 6.86. The normalized spacial score (nSPS) is 12.1. The van der Waals surface area contributed by atoms with E-state index in [2.05, 4.69) is 10.2 Å². The van der Waals surface area contributed by atoms with Crippen LogP contribution in [0.3, 0.4) is 0 Å². The van der Waals surface area contributed by atoms with Crippen LogP contribution in [-0.2, 0) is 20.7 Å². The largest absolute Gasteiger partial charge is 0.487 e. The van der Waals surface area contributed by atoms with Crippen molar-refractivity contribution in [3.05, 3.63) is 132 Å². The summed E-state index contributed by atoms with van der Waals surface area (Å²) in [5, 5.41) is 9.28. The molecule has 43 heavy (non-hydrogen) atoms. The maximum Gasteiger partial charge on any atom is 0.316 e. The van der Waals surface area contributed by atoms with Gasteiger partial charge in [0.15, 0.2) is 0 Å². The van der Waals surface area contributed by atoms with Gasteiger partial charge in [0.05, 0.1) is 6.61 Å². The van der Waals surface area contributed by atoms with Gasteiger partial charge in [-0.2, -0.15) is 0 Å². The van der Waals surface area contributed by atoms with Crippen molar-refractivity contribution in [1.29, 1.82) is 0 Å². The van der Waals surface area contributed by atoms with Crippen LogP contribution >= 0.6 is 0 Å². The summed E-state index contributed by atoms with van der Waals surface area (Å²) in [5.41, 5.74) is 5.24. The summed E-state index contributed by atoms with van der Waals surface area (Å²) in [6.07, 6.45) is 8.45. The number of benzene rings is 4. The molecule has 5 rings (SSSR count). The number of aromatic nitrogens is 3. The Bertz CT molecular complexity index is 1690. The quantitative estimate of drug-likeness (QED) is 0.113. The predicted octanol–water partition coefficient (Wildman–Crippen LogP) is 6.91. The Kier molecular flexibility index (Phi) is 9.88. The highest BCUT2D eigenvalue weighted by Crippen LogP contribution is 2.25. The van der Waals surface area contributed by atoms with E-state index in [9.17, 15) is 9.59 Å². The first kappa shape index (κ1) is 29.2. The lowest BCUT2D eigenvalue weighted by molar-refractivity contribution is -0.151. The summed E-state index contributed by atoms with van der Waals surface area (Å²) in [5.74, 6) is -0.947. The van der Waals surface area contributed by atoms with Gasteiger partial charge in [-0.15, -0.1) is 15.0 Å². The maximum absolute atomic E-state index is 12.8. The second-order valence-electron chi connectivity index (χ2n) is 10.0. The van der Waals surface area contributed by atoms with E-state index in [0.717, 1.165) is 27.7 Å². The average molecular weight is 572 g/mol. The van der Waals surface area contributed by atoms with Crippen LogP contribution in [-0.4, -0.2) is 40.0 Å². The first-order valence-corrected chi connectivity index (χ1v) is 14.3. The third-order valence-electron chi connectivity index (χ3n) is 6.86. The number of allylic oxidation sites excluding steroid dienone is 1. The number of esters is 1. The zero-order chi connectivity index (χ0) is 29.9. The number of carbonyl (C=O) groups excluding carboxylic acids is 2. The van der Waals surface area contributed by atoms with Gasteiger partial charge in [0.2, 0.25) is 0 Å². The lowest BCUT2D eigenvalue weighted by Crippen LogP contribution is -2.24. The second-order valence-corrected chi connectivity index (χ2v) is 10.0. The van der Waals surface area contributed by atoms with Gasteiger partial charge in [-0.05, 0) is 60.4 Å². The molecule has 0 aliphatic carbocycles. The summed E-state index contributed by atoms with van der Waals surface area (Å²) >= 11 is 0. The Morgan fingerprint density at radius 3 is 2.02 bits per heavy atom. The van der Waals surface area contributed by atoms with Crippen LogP contribution in [0, 0.1) is 5.92 Å². The van der Waals surface area contributed by atoms with Crippen molar-refractivity contribution in [3.8, 4) is 11.4 Å². The molecule has 5 aromatic rings. The van der Waals surface area contributed by atoms with Crippen molar-refractivity contribution in [2.75, 3.05) is 13.2 Å². The molecule has 7 nitrogen and oxygen atoms in total. The molecular weight excluding hydrogens is 538 g/mol. The molecule has 0 radical (unpaired) electrons. The Morgan fingerprint density at radius 2 is 1.40 bits per heavy atom. The van der Waals surface area contributed by atoms with Crippen molar-refractivity contribution in [2.24, 2.45) is 5.92 Å². The van der Waals surface area contributed by atoms with E-state index in [1.807, 2.05) is 127 Å². The van der Waals surface area contributed by atoms with Gasteiger partial charge < -0.3 is 9.47 Å². The minimum absolute atomic E-state index is 0.138. The van der Waals surface area contributed by atoms with Crippen molar-refractivity contribution >= 4 is 34.9 Å². The zero-order valence-electron chi connectivity index (χ0n) is 24.0. The van der Waals surface area contributed by atoms with E-state index < -0.39 is 11.9 Å². The van der Waals surface area contributed by atoms with Crippen LogP contribution in [0.5, 0.6) is 5.75 Å². The zero-order valence-corrected chi connectivity index (χ0v) is 24.0. The van der Waals surface area contributed by atoms with Crippen molar-refractivity contribution in [1.82, 2.24) is 15.0 Å². The summed E-state index contributed by atoms with van der Waals surface area (Å²) in [6.45, 7) is 1.92. The smallest absolute Gasteiger partial charge is 0.316 e. The number of rotatable bonds is 13. The number of hydrogen-bond acceptors (Lipinski definition) is 6. The molecule has 216 valence electrons. The van der Waals surface area contributed by atoms with Gasteiger partial charge in [0.25, 0.3) is 0 Å². The molecule has 7 heteroatoms. The molecule has 1 unspecified atom stereocenters. The van der Waals surface area contributed by atoms with Gasteiger partial charge in [-0.3, -0.25) is 9.59 Å². The maximum atomic E-state index is 12.8. The molecule has 1 atom stereocenters. The molecule has 0 bridgehead atoms. The molecule has 1 heterocycles. The predicted molar refractivity (Wildman–Crippen MR) is 169 cm³/mol. The number of nitrogens with zero attached hydrogens (tertiary/aromatic N) is 3. The van der Waals surface area contributed by atoms with E-state index in [-0.39, 0.29) is 18.8 Å². The van der Waals surface area contributed by atoms with Crippen LogP contribution in [0.1, 0.15) is 30.0 Å². The fourth-order valence-corrected chi connectivity index (χ4v) is 4.55. The lowest BCUT2D eigenvalue weighted by Gasteiger charge is -2.13. The number of Topliss-reactive ketones (excluding diaryl/α,β-unsaturated/α-hetero) is 1. The third kappa shape index (κ3) is 8.14. The average Bonchev–Trinajstić information content (AvgIpc) is 3.47. The number of fused-ring (bicyclic) bond motifs is 1. The van der Waals surface area contributed by atoms with Gasteiger partial charge in [0.1, 0.15) is 40.8 Å². The van der Waals surface area contributed by atoms with Crippen LogP contribution in [0.25, 0.3) is 28.9 Å². The second kappa shape index (κ2) is 14.5. The Hall–Kier alpha value is -5.30. The highest BCUT2D eigenvalue weighted by molar-refractivity contribution is 5.98. The van der Waals surface area contributed by atoms with Crippen LogP contribution in [0.2, 0.25) is 0 Å². The molecule has 0 amide bonds. The minimum atomic E-state index is -0.837.